The monoisotopic (exact) mass is 400 g/mol. The van der Waals surface area contributed by atoms with Crippen LogP contribution in [-0.2, 0) is 6.54 Å². The molecule has 4 aromatic rings. The number of ether oxygens (including phenoxy) is 1. The van der Waals surface area contributed by atoms with Crippen LogP contribution in [-0.4, -0.2) is 21.8 Å². The molecule has 3 aromatic carbocycles. The summed E-state index contributed by atoms with van der Waals surface area (Å²) >= 11 is 0. The number of hydrogen-bond acceptors (Lipinski definition) is 4. The molecule has 0 bridgehead atoms. The Morgan fingerprint density at radius 1 is 1.03 bits per heavy atom. The van der Waals surface area contributed by atoms with Gasteiger partial charge >= 0.3 is 5.69 Å². The highest BCUT2D eigenvalue weighted by atomic mass is 16.5. The van der Waals surface area contributed by atoms with E-state index < -0.39 is 0 Å². The van der Waals surface area contributed by atoms with Gasteiger partial charge in [0.15, 0.2) is 0 Å². The number of para-hydroxylation sites is 1. The van der Waals surface area contributed by atoms with E-state index in [0.29, 0.717) is 22.9 Å². The topological polar surface area (TPSA) is 64.3 Å². The summed E-state index contributed by atoms with van der Waals surface area (Å²) < 4.78 is 7.00. The van der Waals surface area contributed by atoms with Crippen LogP contribution in [0.2, 0.25) is 0 Å². The van der Waals surface area contributed by atoms with Crippen molar-refractivity contribution < 1.29 is 9.84 Å². The van der Waals surface area contributed by atoms with Crippen LogP contribution in [0.3, 0.4) is 0 Å². The van der Waals surface area contributed by atoms with Crippen molar-refractivity contribution in [2.75, 3.05) is 7.11 Å². The number of phenolic OH excluding ortho intramolecular Hbond substituents is 1. The lowest BCUT2D eigenvalue weighted by atomic mass is 9.99. The molecule has 0 saturated heterocycles. The van der Waals surface area contributed by atoms with Crippen molar-refractivity contribution in [3.05, 3.63) is 88.3 Å². The third-order valence-corrected chi connectivity index (χ3v) is 5.36. The number of fused-ring (bicyclic) bond motifs is 1. The second-order valence-electron chi connectivity index (χ2n) is 7.62. The molecule has 0 saturated carbocycles. The largest absolute Gasteiger partial charge is 0.508 e. The second kappa shape index (κ2) is 8.03. The Labute approximate surface area is 175 Å². The van der Waals surface area contributed by atoms with Crippen molar-refractivity contribution in [1.82, 2.24) is 9.55 Å². The van der Waals surface area contributed by atoms with Gasteiger partial charge in [0.2, 0.25) is 0 Å². The van der Waals surface area contributed by atoms with Crippen molar-refractivity contribution in [2.24, 2.45) is 0 Å². The predicted octanol–water partition coefficient (Wildman–Crippen LogP) is 4.95. The maximum absolute atomic E-state index is 13.0. The van der Waals surface area contributed by atoms with E-state index >= 15 is 0 Å². The molecule has 0 fully saturated rings. The van der Waals surface area contributed by atoms with E-state index in [2.05, 4.69) is 31.0 Å². The normalized spacial score (nSPS) is 11.2. The van der Waals surface area contributed by atoms with Gasteiger partial charge in [0.05, 0.1) is 24.9 Å². The van der Waals surface area contributed by atoms with Crippen molar-refractivity contribution in [2.45, 2.75) is 26.3 Å². The molecule has 0 atom stereocenters. The van der Waals surface area contributed by atoms with Gasteiger partial charge in [-0.1, -0.05) is 56.3 Å². The number of nitrogens with zero attached hydrogens (tertiary/aromatic N) is 2. The molecule has 1 aromatic heterocycles. The fraction of sp³-hybridized carbons (Fsp3) is 0.200. The second-order valence-corrected chi connectivity index (χ2v) is 7.62. The lowest BCUT2D eigenvalue weighted by Gasteiger charge is -2.15. The highest BCUT2D eigenvalue weighted by molar-refractivity contribution is 5.93. The third kappa shape index (κ3) is 3.66. The fourth-order valence-electron chi connectivity index (χ4n) is 3.60. The predicted molar refractivity (Wildman–Crippen MR) is 119 cm³/mol. The highest BCUT2D eigenvalue weighted by Crippen LogP contribution is 2.30. The summed E-state index contributed by atoms with van der Waals surface area (Å²) in [7, 11) is 1.61. The van der Waals surface area contributed by atoms with Crippen molar-refractivity contribution >= 4 is 10.9 Å². The molecular weight excluding hydrogens is 376 g/mol. The maximum atomic E-state index is 13.0. The van der Waals surface area contributed by atoms with Crippen LogP contribution in [0.15, 0.2) is 71.5 Å². The summed E-state index contributed by atoms with van der Waals surface area (Å²) in [5.74, 6) is 1.27. The van der Waals surface area contributed by atoms with Crippen LogP contribution in [0.4, 0.5) is 0 Å². The van der Waals surface area contributed by atoms with Crippen LogP contribution in [0, 0.1) is 0 Å². The Balaban J connectivity index is 1.92. The van der Waals surface area contributed by atoms with Crippen LogP contribution in [0.25, 0.3) is 22.2 Å². The van der Waals surface area contributed by atoms with Gasteiger partial charge in [-0.15, -0.1) is 0 Å². The Morgan fingerprint density at radius 3 is 2.43 bits per heavy atom. The van der Waals surface area contributed by atoms with Crippen LogP contribution in [0.1, 0.15) is 30.9 Å². The summed E-state index contributed by atoms with van der Waals surface area (Å²) in [6, 6.07) is 20.7. The molecule has 0 radical (unpaired) electrons. The van der Waals surface area contributed by atoms with E-state index in [1.807, 2.05) is 36.4 Å². The molecule has 1 N–H and O–H groups in total. The minimum Gasteiger partial charge on any atom is -0.508 e. The summed E-state index contributed by atoms with van der Waals surface area (Å²) in [4.78, 5) is 17.4. The summed E-state index contributed by atoms with van der Waals surface area (Å²) in [5, 5.41) is 11.0. The molecule has 0 unspecified atom stereocenters. The first-order valence-electron chi connectivity index (χ1n) is 9.93. The van der Waals surface area contributed by atoms with Gasteiger partial charge in [-0.2, -0.15) is 4.98 Å². The molecule has 0 aliphatic heterocycles. The molecular formula is C25H24N2O3. The standard InChI is InChI=1S/C25H24N2O3/c1-16(2)17-8-10-18(11-9-17)24-21-14-20(30-3)12-13-22(21)27(25(29)26-24)15-19-6-4-5-7-23(19)28/h4-14,16,28H,15H2,1-3H3. The average Bonchev–Trinajstić information content (AvgIpc) is 2.76. The fourth-order valence-corrected chi connectivity index (χ4v) is 3.60. The van der Waals surface area contributed by atoms with Crippen LogP contribution < -0.4 is 10.4 Å². The van der Waals surface area contributed by atoms with Crippen LogP contribution >= 0.6 is 0 Å². The Morgan fingerprint density at radius 2 is 1.77 bits per heavy atom. The molecule has 0 amide bonds. The maximum Gasteiger partial charge on any atom is 0.348 e. The zero-order valence-corrected chi connectivity index (χ0v) is 17.3. The Hall–Kier alpha value is -3.60. The minimum atomic E-state index is -0.362. The van der Waals surface area contributed by atoms with Crippen molar-refractivity contribution in [3.8, 4) is 22.8 Å². The van der Waals surface area contributed by atoms with E-state index in [1.165, 1.54) is 5.56 Å². The lowest BCUT2D eigenvalue weighted by Crippen LogP contribution is -2.24. The zero-order chi connectivity index (χ0) is 21.3. The molecule has 0 spiro atoms. The average molecular weight is 400 g/mol. The molecule has 5 nitrogen and oxygen atoms in total. The number of rotatable bonds is 5. The molecule has 5 heteroatoms. The smallest absolute Gasteiger partial charge is 0.348 e. The van der Waals surface area contributed by atoms with Gasteiger partial charge in [-0.25, -0.2) is 4.79 Å². The van der Waals surface area contributed by atoms with E-state index in [4.69, 9.17) is 4.74 Å². The van der Waals surface area contributed by atoms with Crippen LogP contribution in [0.5, 0.6) is 11.5 Å². The number of aromatic hydroxyl groups is 1. The summed E-state index contributed by atoms with van der Waals surface area (Å²) in [6.45, 7) is 4.52. The SMILES string of the molecule is COc1ccc2c(c1)c(-c1ccc(C(C)C)cc1)nc(=O)n2Cc1ccccc1O. The number of aromatic nitrogens is 2. The summed E-state index contributed by atoms with van der Waals surface area (Å²) in [6.07, 6.45) is 0. The van der Waals surface area contributed by atoms with E-state index in [1.54, 1.807) is 29.9 Å². The first-order valence-corrected chi connectivity index (χ1v) is 9.93. The summed E-state index contributed by atoms with van der Waals surface area (Å²) in [5.41, 5.74) is 3.77. The number of methoxy groups -OCH3 is 1. The van der Waals surface area contributed by atoms with Gasteiger partial charge in [-0.3, -0.25) is 4.57 Å². The highest BCUT2D eigenvalue weighted by Gasteiger charge is 2.15. The minimum absolute atomic E-state index is 0.152. The van der Waals surface area contributed by atoms with Gasteiger partial charge < -0.3 is 9.84 Å². The molecule has 0 aliphatic rings. The number of benzene rings is 3. The van der Waals surface area contributed by atoms with Crippen molar-refractivity contribution in [1.29, 1.82) is 0 Å². The Kier molecular flexibility index (Phi) is 5.27. The van der Waals surface area contributed by atoms with Gasteiger partial charge in [0.1, 0.15) is 11.5 Å². The molecule has 30 heavy (non-hydrogen) atoms. The zero-order valence-electron chi connectivity index (χ0n) is 17.3. The molecule has 0 aliphatic carbocycles. The van der Waals surface area contributed by atoms with Crippen molar-refractivity contribution in [3.63, 3.8) is 0 Å². The van der Waals surface area contributed by atoms with E-state index in [-0.39, 0.29) is 18.0 Å². The third-order valence-electron chi connectivity index (χ3n) is 5.36. The molecule has 1 heterocycles. The van der Waals surface area contributed by atoms with Gasteiger partial charge in [0, 0.05) is 16.5 Å². The number of phenols is 1. The first-order chi connectivity index (χ1) is 14.5. The quantitative estimate of drug-likeness (QED) is 0.515. The number of hydrogen-bond donors (Lipinski definition) is 1. The Bertz CT molecular complexity index is 1260. The first kappa shape index (κ1) is 19.7. The van der Waals surface area contributed by atoms with Gasteiger partial charge in [-0.05, 0) is 35.7 Å². The lowest BCUT2D eigenvalue weighted by molar-refractivity contribution is 0.415. The molecule has 4 rings (SSSR count). The van der Waals surface area contributed by atoms with E-state index in [9.17, 15) is 9.90 Å². The van der Waals surface area contributed by atoms with E-state index in [0.717, 1.165) is 16.5 Å². The van der Waals surface area contributed by atoms with Gasteiger partial charge in [0.25, 0.3) is 0 Å². The molecule has 152 valence electrons.